The maximum absolute atomic E-state index is 12.2. The van der Waals surface area contributed by atoms with Gasteiger partial charge in [0.25, 0.3) is 0 Å². The fourth-order valence-electron chi connectivity index (χ4n) is 2.44. The molecule has 0 saturated heterocycles. The predicted molar refractivity (Wildman–Crippen MR) is 106 cm³/mol. The first kappa shape index (κ1) is 18.3. The fourth-order valence-corrected chi connectivity index (χ4v) is 3.32. The van der Waals surface area contributed by atoms with Gasteiger partial charge in [-0.15, -0.1) is 10.2 Å². The van der Waals surface area contributed by atoms with E-state index in [9.17, 15) is 4.79 Å². The molecular weight excluding hydrogens is 370 g/mol. The molecule has 0 atom stereocenters. The number of aromatic nitrogens is 3. The summed E-state index contributed by atoms with van der Waals surface area (Å²) in [5, 5.41) is 12.2. The molecule has 6 nitrogen and oxygen atoms in total. The number of carbonyl (C=O) groups excluding carboxylic acids is 1. The van der Waals surface area contributed by atoms with Crippen LogP contribution in [-0.2, 0) is 4.79 Å². The van der Waals surface area contributed by atoms with E-state index in [1.54, 1.807) is 18.2 Å². The summed E-state index contributed by atoms with van der Waals surface area (Å²) in [5.41, 5.74) is 3.62. The van der Waals surface area contributed by atoms with E-state index in [2.05, 4.69) is 15.5 Å². The van der Waals surface area contributed by atoms with Crippen molar-refractivity contribution in [1.82, 2.24) is 14.9 Å². The lowest BCUT2D eigenvalue weighted by atomic mass is 10.1. The van der Waals surface area contributed by atoms with Crippen molar-refractivity contribution in [1.29, 1.82) is 0 Å². The number of thioether (sulfide) groups is 1. The fraction of sp³-hybridized carbons (Fsp3) is 0.167. The van der Waals surface area contributed by atoms with E-state index in [1.807, 2.05) is 38.1 Å². The third-order valence-electron chi connectivity index (χ3n) is 3.74. The van der Waals surface area contributed by atoms with Crippen molar-refractivity contribution in [3.05, 3.63) is 58.6 Å². The normalized spacial score (nSPS) is 10.7. The molecule has 1 aromatic heterocycles. The van der Waals surface area contributed by atoms with E-state index >= 15 is 0 Å². The van der Waals surface area contributed by atoms with Gasteiger partial charge in [-0.2, -0.15) is 0 Å². The van der Waals surface area contributed by atoms with Gasteiger partial charge in [0.1, 0.15) is 0 Å². The van der Waals surface area contributed by atoms with Crippen LogP contribution in [0.1, 0.15) is 11.1 Å². The van der Waals surface area contributed by atoms with Gasteiger partial charge < -0.3 is 11.2 Å². The molecule has 0 radical (unpaired) electrons. The number of nitrogens with zero attached hydrogens (tertiary/aromatic N) is 3. The molecule has 3 aromatic rings. The van der Waals surface area contributed by atoms with Crippen LogP contribution in [-0.4, -0.2) is 26.5 Å². The Morgan fingerprint density at radius 2 is 2.04 bits per heavy atom. The summed E-state index contributed by atoms with van der Waals surface area (Å²) in [6.45, 7) is 3.89. The highest BCUT2D eigenvalue weighted by Gasteiger charge is 2.14. The van der Waals surface area contributed by atoms with Crippen molar-refractivity contribution in [2.45, 2.75) is 19.0 Å². The van der Waals surface area contributed by atoms with E-state index in [4.69, 9.17) is 17.4 Å². The van der Waals surface area contributed by atoms with Crippen molar-refractivity contribution < 1.29 is 4.79 Å². The van der Waals surface area contributed by atoms with Gasteiger partial charge in [0, 0.05) is 16.3 Å². The number of hydrogen-bond acceptors (Lipinski definition) is 5. The van der Waals surface area contributed by atoms with Gasteiger partial charge in [-0.3, -0.25) is 4.79 Å². The van der Waals surface area contributed by atoms with Crippen LogP contribution in [0.4, 0.5) is 5.69 Å². The zero-order valence-corrected chi connectivity index (χ0v) is 15.9. The summed E-state index contributed by atoms with van der Waals surface area (Å²) in [6.07, 6.45) is 0. The van der Waals surface area contributed by atoms with Gasteiger partial charge in [-0.25, -0.2) is 4.68 Å². The van der Waals surface area contributed by atoms with Crippen LogP contribution in [0.2, 0.25) is 5.02 Å². The molecule has 3 N–H and O–H groups in total. The molecule has 1 heterocycles. The number of nitrogens with one attached hydrogen (secondary N) is 1. The van der Waals surface area contributed by atoms with Crippen molar-refractivity contribution in [3.8, 4) is 11.4 Å². The van der Waals surface area contributed by atoms with Gasteiger partial charge in [-0.05, 0) is 43.7 Å². The van der Waals surface area contributed by atoms with E-state index in [0.717, 1.165) is 22.4 Å². The molecule has 0 aliphatic carbocycles. The van der Waals surface area contributed by atoms with E-state index < -0.39 is 0 Å². The summed E-state index contributed by atoms with van der Waals surface area (Å²) in [4.78, 5) is 12.2. The number of halogens is 1. The van der Waals surface area contributed by atoms with Crippen LogP contribution < -0.4 is 11.2 Å². The van der Waals surface area contributed by atoms with E-state index in [-0.39, 0.29) is 11.7 Å². The molecule has 134 valence electrons. The number of aryl methyl sites for hydroxylation is 2. The predicted octanol–water partition coefficient (Wildman–Crippen LogP) is 3.66. The minimum atomic E-state index is -0.152. The van der Waals surface area contributed by atoms with Gasteiger partial charge in [0.05, 0.1) is 5.75 Å². The Morgan fingerprint density at radius 1 is 1.23 bits per heavy atom. The number of amides is 1. The lowest BCUT2D eigenvalue weighted by Gasteiger charge is -2.08. The molecule has 0 aliphatic rings. The zero-order chi connectivity index (χ0) is 18.7. The van der Waals surface area contributed by atoms with Gasteiger partial charge in [-0.1, -0.05) is 47.1 Å². The van der Waals surface area contributed by atoms with Gasteiger partial charge >= 0.3 is 0 Å². The quantitative estimate of drug-likeness (QED) is 0.515. The Morgan fingerprint density at radius 3 is 2.77 bits per heavy atom. The molecule has 8 heteroatoms. The highest BCUT2D eigenvalue weighted by atomic mass is 35.5. The van der Waals surface area contributed by atoms with Crippen LogP contribution in [0.15, 0.2) is 47.6 Å². The Kier molecular flexibility index (Phi) is 5.49. The minimum Gasteiger partial charge on any atom is -0.335 e. The Hall–Kier alpha value is -2.51. The van der Waals surface area contributed by atoms with Crippen molar-refractivity contribution in [3.63, 3.8) is 0 Å². The van der Waals surface area contributed by atoms with Crippen LogP contribution in [0, 0.1) is 13.8 Å². The molecule has 2 aromatic carbocycles. The Labute approximate surface area is 160 Å². The summed E-state index contributed by atoms with van der Waals surface area (Å²) in [6, 6.07) is 13.2. The maximum Gasteiger partial charge on any atom is 0.234 e. The summed E-state index contributed by atoms with van der Waals surface area (Å²) in [7, 11) is 0. The van der Waals surface area contributed by atoms with Crippen molar-refractivity contribution in [2.75, 3.05) is 16.9 Å². The molecule has 0 aliphatic heterocycles. The lowest BCUT2D eigenvalue weighted by molar-refractivity contribution is -0.113. The molecule has 0 bridgehead atoms. The van der Waals surface area contributed by atoms with Crippen LogP contribution in [0.5, 0.6) is 0 Å². The number of nitrogen functional groups attached to an aromatic ring is 1. The van der Waals surface area contributed by atoms with Crippen molar-refractivity contribution in [2.24, 2.45) is 0 Å². The number of anilines is 1. The van der Waals surface area contributed by atoms with Crippen LogP contribution in [0.25, 0.3) is 11.4 Å². The van der Waals surface area contributed by atoms with Gasteiger partial charge in [0.2, 0.25) is 11.1 Å². The SMILES string of the molecule is Cc1cccc(-c2nnc(SCC(=O)Nc3ccc(Cl)cc3C)n2N)c1. The number of rotatable bonds is 5. The first-order valence-electron chi connectivity index (χ1n) is 7.90. The Bertz CT molecular complexity index is 957. The Balaban J connectivity index is 1.66. The number of carbonyl (C=O) groups is 1. The summed E-state index contributed by atoms with van der Waals surface area (Å²) < 4.78 is 1.40. The van der Waals surface area contributed by atoms with Crippen LogP contribution in [0.3, 0.4) is 0 Å². The molecule has 0 fully saturated rings. The van der Waals surface area contributed by atoms with E-state index in [1.165, 1.54) is 16.4 Å². The lowest BCUT2D eigenvalue weighted by Crippen LogP contribution is -2.17. The van der Waals surface area contributed by atoms with Crippen LogP contribution >= 0.6 is 23.4 Å². The van der Waals surface area contributed by atoms with E-state index in [0.29, 0.717) is 16.0 Å². The first-order valence-corrected chi connectivity index (χ1v) is 9.27. The molecule has 1 amide bonds. The monoisotopic (exact) mass is 387 g/mol. The van der Waals surface area contributed by atoms with Crippen molar-refractivity contribution >= 4 is 35.0 Å². The zero-order valence-electron chi connectivity index (χ0n) is 14.4. The smallest absolute Gasteiger partial charge is 0.234 e. The third-order valence-corrected chi connectivity index (χ3v) is 4.91. The third kappa shape index (κ3) is 4.17. The highest BCUT2D eigenvalue weighted by Crippen LogP contribution is 2.23. The minimum absolute atomic E-state index is 0.152. The molecular formula is C18H18ClN5OS. The highest BCUT2D eigenvalue weighted by molar-refractivity contribution is 7.99. The molecule has 26 heavy (non-hydrogen) atoms. The largest absolute Gasteiger partial charge is 0.335 e. The topological polar surface area (TPSA) is 85.8 Å². The molecule has 3 rings (SSSR count). The second-order valence-corrected chi connectivity index (χ2v) is 7.22. The number of benzene rings is 2. The number of nitrogens with two attached hydrogens (primary N) is 1. The average molecular weight is 388 g/mol. The first-order chi connectivity index (χ1) is 12.4. The maximum atomic E-state index is 12.2. The second-order valence-electron chi connectivity index (χ2n) is 5.84. The standard InChI is InChI=1S/C18H18ClN5OS/c1-11-4-3-5-13(8-11)17-22-23-18(24(17)20)26-10-16(25)21-15-7-6-14(19)9-12(15)2/h3-9H,10,20H2,1-2H3,(H,21,25). The second kappa shape index (κ2) is 7.80. The summed E-state index contributed by atoms with van der Waals surface area (Å²) >= 11 is 7.16. The number of hydrogen-bond donors (Lipinski definition) is 2. The molecule has 0 saturated carbocycles. The molecule has 0 unspecified atom stereocenters. The van der Waals surface area contributed by atoms with Gasteiger partial charge in [0.15, 0.2) is 5.82 Å². The molecule has 0 spiro atoms. The summed E-state index contributed by atoms with van der Waals surface area (Å²) in [5.74, 6) is 6.67. The average Bonchev–Trinajstić information content (AvgIpc) is 2.96.